The van der Waals surface area contributed by atoms with Crippen molar-refractivity contribution in [3.8, 4) is 0 Å². The van der Waals surface area contributed by atoms with E-state index in [9.17, 15) is 4.79 Å². The monoisotopic (exact) mass is 278 g/mol. The molecule has 0 fully saturated rings. The highest BCUT2D eigenvalue weighted by atomic mass is 35.5. The lowest BCUT2D eigenvalue weighted by molar-refractivity contribution is 0.103. The van der Waals surface area contributed by atoms with Crippen molar-refractivity contribution in [2.24, 2.45) is 0 Å². The van der Waals surface area contributed by atoms with Crippen LogP contribution in [0.4, 0.5) is 0 Å². The van der Waals surface area contributed by atoms with Crippen molar-refractivity contribution in [1.82, 2.24) is 0 Å². The number of benzene rings is 1. The molecule has 0 spiro atoms. The molecule has 0 N–H and O–H groups in total. The first-order valence-corrected chi connectivity index (χ1v) is 7.56. The molecular weight excluding hydrogens is 256 g/mol. The molecule has 19 heavy (non-hydrogen) atoms. The Hall–Kier alpha value is -1.08. The first-order chi connectivity index (χ1) is 9.19. The van der Waals surface area contributed by atoms with Crippen LogP contribution in [0.1, 0.15) is 62.7 Å². The zero-order valence-electron chi connectivity index (χ0n) is 11.9. The summed E-state index contributed by atoms with van der Waals surface area (Å²) in [5.74, 6) is 0.154. The molecule has 0 bridgehead atoms. The molecule has 1 aromatic carbocycles. The third kappa shape index (κ3) is 5.61. The highest BCUT2D eigenvalue weighted by Gasteiger charge is 2.11. The zero-order valence-corrected chi connectivity index (χ0v) is 12.7. The van der Waals surface area contributed by atoms with Gasteiger partial charge in [-0.1, -0.05) is 50.8 Å². The van der Waals surface area contributed by atoms with E-state index in [1.54, 1.807) is 12.1 Å². The summed E-state index contributed by atoms with van der Waals surface area (Å²) in [4.78, 5) is 12.4. The Balaban J connectivity index is 2.80. The number of Topliss-reactive ketones (excluding diaryl/α,β-unsaturated/α-hetero) is 1. The minimum Gasteiger partial charge on any atom is -0.289 e. The molecule has 0 aliphatic heterocycles. The van der Waals surface area contributed by atoms with Crippen LogP contribution in [0.5, 0.6) is 0 Å². The van der Waals surface area contributed by atoms with Gasteiger partial charge in [0.25, 0.3) is 0 Å². The maximum atomic E-state index is 12.4. The molecule has 0 saturated heterocycles. The maximum Gasteiger partial charge on any atom is 0.188 e. The van der Waals surface area contributed by atoms with Crippen molar-refractivity contribution in [2.75, 3.05) is 0 Å². The number of hydrogen-bond donors (Lipinski definition) is 0. The van der Waals surface area contributed by atoms with Gasteiger partial charge in [0, 0.05) is 10.6 Å². The zero-order chi connectivity index (χ0) is 14.1. The summed E-state index contributed by atoms with van der Waals surface area (Å²) >= 11 is 5.86. The van der Waals surface area contributed by atoms with Crippen LogP contribution in [-0.2, 0) is 0 Å². The number of rotatable bonds is 8. The van der Waals surface area contributed by atoms with Crippen LogP contribution in [0.2, 0.25) is 5.02 Å². The minimum absolute atomic E-state index is 0.154. The molecule has 0 aromatic heterocycles. The largest absolute Gasteiger partial charge is 0.289 e. The van der Waals surface area contributed by atoms with Crippen molar-refractivity contribution in [1.29, 1.82) is 0 Å². The predicted molar refractivity (Wildman–Crippen MR) is 82.9 cm³/mol. The summed E-state index contributed by atoms with van der Waals surface area (Å²) in [5.41, 5.74) is 1.70. The van der Waals surface area contributed by atoms with Crippen molar-refractivity contribution < 1.29 is 4.79 Å². The predicted octanol–water partition coefficient (Wildman–Crippen LogP) is 5.83. The Kier molecular flexibility index (Phi) is 7.50. The van der Waals surface area contributed by atoms with Gasteiger partial charge in [-0.15, -0.1) is 0 Å². The van der Waals surface area contributed by atoms with E-state index in [4.69, 9.17) is 11.6 Å². The van der Waals surface area contributed by atoms with Gasteiger partial charge in [0.1, 0.15) is 0 Å². The molecule has 0 atom stereocenters. The van der Waals surface area contributed by atoms with E-state index < -0.39 is 0 Å². The third-order valence-electron chi connectivity index (χ3n) is 3.15. The van der Waals surface area contributed by atoms with Crippen LogP contribution >= 0.6 is 11.6 Å². The van der Waals surface area contributed by atoms with Crippen molar-refractivity contribution in [3.05, 3.63) is 46.5 Å². The quantitative estimate of drug-likeness (QED) is 0.332. The van der Waals surface area contributed by atoms with Crippen LogP contribution in [0.3, 0.4) is 0 Å². The highest BCUT2D eigenvalue weighted by molar-refractivity contribution is 6.30. The Morgan fingerprint density at radius 1 is 1.11 bits per heavy atom. The van der Waals surface area contributed by atoms with Gasteiger partial charge in [0.2, 0.25) is 0 Å². The lowest BCUT2D eigenvalue weighted by atomic mass is 9.97. The van der Waals surface area contributed by atoms with E-state index in [-0.39, 0.29) is 5.78 Å². The van der Waals surface area contributed by atoms with Gasteiger partial charge in [0.05, 0.1) is 0 Å². The Morgan fingerprint density at radius 3 is 2.32 bits per heavy atom. The number of halogens is 1. The first-order valence-electron chi connectivity index (χ1n) is 7.18. The van der Waals surface area contributed by atoms with Gasteiger partial charge in [-0.05, 0) is 49.1 Å². The molecule has 0 aliphatic carbocycles. The van der Waals surface area contributed by atoms with Crippen LogP contribution in [0.25, 0.3) is 0 Å². The minimum atomic E-state index is 0.154. The standard InChI is InChI=1S/C17H23ClO/c1-3-5-7-9-14(8-6-4-2)17(19)15-10-12-16(18)13-11-15/h9-13H,3-8H2,1-2H3/b14-9-. The number of carbonyl (C=O) groups is 1. The van der Waals surface area contributed by atoms with Crippen LogP contribution in [0, 0.1) is 0 Å². The molecule has 1 rings (SSSR count). The number of carbonyl (C=O) groups excluding carboxylic acids is 1. The summed E-state index contributed by atoms with van der Waals surface area (Å²) in [6, 6.07) is 7.17. The Morgan fingerprint density at radius 2 is 1.74 bits per heavy atom. The van der Waals surface area contributed by atoms with Gasteiger partial charge in [-0.25, -0.2) is 0 Å². The van der Waals surface area contributed by atoms with E-state index in [1.165, 1.54) is 0 Å². The molecule has 1 aromatic rings. The molecule has 0 heterocycles. The second-order valence-corrected chi connectivity index (χ2v) is 5.25. The van der Waals surface area contributed by atoms with Gasteiger partial charge in [-0.3, -0.25) is 4.79 Å². The molecule has 2 heteroatoms. The van der Waals surface area contributed by atoms with Crippen molar-refractivity contribution in [2.45, 2.75) is 52.4 Å². The van der Waals surface area contributed by atoms with Crippen LogP contribution in [0.15, 0.2) is 35.9 Å². The highest BCUT2D eigenvalue weighted by Crippen LogP contribution is 2.18. The number of unbranched alkanes of at least 4 members (excludes halogenated alkanes) is 3. The van der Waals surface area contributed by atoms with Crippen molar-refractivity contribution in [3.63, 3.8) is 0 Å². The normalized spacial score (nSPS) is 11.6. The fourth-order valence-corrected chi connectivity index (χ4v) is 2.07. The number of hydrogen-bond acceptors (Lipinski definition) is 1. The summed E-state index contributed by atoms with van der Waals surface area (Å²) in [6.45, 7) is 4.32. The van der Waals surface area contributed by atoms with E-state index in [2.05, 4.69) is 19.9 Å². The molecule has 0 unspecified atom stereocenters. The van der Waals surface area contributed by atoms with Gasteiger partial charge in [-0.2, -0.15) is 0 Å². The molecule has 0 aliphatic rings. The molecular formula is C17H23ClO. The fraction of sp³-hybridized carbons (Fsp3) is 0.471. The molecule has 1 nitrogen and oxygen atoms in total. The molecule has 0 amide bonds. The average molecular weight is 279 g/mol. The first kappa shape index (κ1) is 16.0. The molecule has 104 valence electrons. The number of allylic oxidation sites excluding steroid dienone is 2. The van der Waals surface area contributed by atoms with E-state index in [1.807, 2.05) is 12.1 Å². The van der Waals surface area contributed by atoms with Gasteiger partial charge < -0.3 is 0 Å². The summed E-state index contributed by atoms with van der Waals surface area (Å²) in [5, 5.41) is 0.668. The summed E-state index contributed by atoms with van der Waals surface area (Å²) < 4.78 is 0. The van der Waals surface area contributed by atoms with E-state index in [0.29, 0.717) is 5.02 Å². The number of ketones is 1. The smallest absolute Gasteiger partial charge is 0.188 e. The van der Waals surface area contributed by atoms with Gasteiger partial charge >= 0.3 is 0 Å². The molecule has 0 saturated carbocycles. The third-order valence-corrected chi connectivity index (χ3v) is 3.40. The van der Waals surface area contributed by atoms with E-state index in [0.717, 1.165) is 49.7 Å². The SMILES string of the molecule is CCCC/C=C(/CCCC)C(=O)c1ccc(Cl)cc1. The summed E-state index contributed by atoms with van der Waals surface area (Å²) in [6.07, 6.45) is 8.47. The summed E-state index contributed by atoms with van der Waals surface area (Å²) in [7, 11) is 0. The fourth-order valence-electron chi connectivity index (χ4n) is 1.94. The van der Waals surface area contributed by atoms with Gasteiger partial charge in [0.15, 0.2) is 5.78 Å². The Labute approximate surface area is 121 Å². The lowest BCUT2D eigenvalue weighted by Gasteiger charge is -2.07. The van der Waals surface area contributed by atoms with Crippen LogP contribution in [-0.4, -0.2) is 5.78 Å². The lowest BCUT2D eigenvalue weighted by Crippen LogP contribution is -2.03. The topological polar surface area (TPSA) is 17.1 Å². The second-order valence-electron chi connectivity index (χ2n) is 4.81. The Bertz CT molecular complexity index is 417. The molecule has 0 radical (unpaired) electrons. The average Bonchev–Trinajstić information content (AvgIpc) is 2.43. The van der Waals surface area contributed by atoms with Crippen molar-refractivity contribution >= 4 is 17.4 Å². The second kappa shape index (κ2) is 8.92. The van der Waals surface area contributed by atoms with E-state index >= 15 is 0 Å². The maximum absolute atomic E-state index is 12.4. The van der Waals surface area contributed by atoms with Crippen LogP contribution < -0.4 is 0 Å².